The predicted octanol–water partition coefficient (Wildman–Crippen LogP) is 1.89. The van der Waals surface area contributed by atoms with Crippen LogP contribution in [0.25, 0.3) is 10.9 Å². The normalized spacial score (nSPS) is 11.1. The largest absolute Gasteiger partial charge is 0.340 e. The number of aromatic nitrogens is 4. The van der Waals surface area contributed by atoms with E-state index in [2.05, 4.69) is 22.0 Å². The molecule has 0 bridgehead atoms. The van der Waals surface area contributed by atoms with E-state index in [1.165, 1.54) is 0 Å². The van der Waals surface area contributed by atoms with Gasteiger partial charge in [-0.25, -0.2) is 4.98 Å². The molecule has 2 heterocycles. The van der Waals surface area contributed by atoms with Gasteiger partial charge in [0.05, 0.1) is 17.2 Å². The van der Waals surface area contributed by atoms with Gasteiger partial charge >= 0.3 is 0 Å². The molecule has 108 valence electrons. The Morgan fingerprint density at radius 3 is 2.90 bits per heavy atom. The van der Waals surface area contributed by atoms with E-state index >= 15 is 0 Å². The summed E-state index contributed by atoms with van der Waals surface area (Å²) in [6.45, 7) is 4.29. The van der Waals surface area contributed by atoms with E-state index in [4.69, 9.17) is 4.52 Å². The average Bonchev–Trinajstić information content (AvgIpc) is 2.92. The Labute approximate surface area is 121 Å². The second-order valence-corrected chi connectivity index (χ2v) is 4.93. The van der Waals surface area contributed by atoms with Crippen molar-refractivity contribution in [3.05, 3.63) is 52.2 Å². The van der Waals surface area contributed by atoms with Crippen molar-refractivity contribution >= 4 is 10.9 Å². The molecule has 3 rings (SSSR count). The molecule has 0 fully saturated rings. The molecule has 0 spiro atoms. The summed E-state index contributed by atoms with van der Waals surface area (Å²) in [4.78, 5) is 20.9. The third-order valence-electron chi connectivity index (χ3n) is 3.44. The first kappa shape index (κ1) is 13.5. The molecule has 2 aromatic heterocycles. The molecular weight excluding hydrogens is 268 g/mol. The second-order valence-electron chi connectivity index (χ2n) is 4.93. The van der Waals surface area contributed by atoms with Crippen LogP contribution in [0.2, 0.25) is 0 Å². The van der Waals surface area contributed by atoms with Crippen molar-refractivity contribution in [3.8, 4) is 0 Å². The highest BCUT2D eigenvalue weighted by atomic mass is 16.5. The minimum atomic E-state index is -0.0319. The van der Waals surface area contributed by atoms with Gasteiger partial charge in [-0.05, 0) is 24.1 Å². The molecule has 0 atom stereocenters. The summed E-state index contributed by atoms with van der Waals surface area (Å²) in [6.07, 6.45) is 3.01. The molecule has 0 unspecified atom stereocenters. The number of hydrogen-bond donors (Lipinski definition) is 0. The van der Waals surface area contributed by atoms with Gasteiger partial charge in [0.15, 0.2) is 5.82 Å². The van der Waals surface area contributed by atoms with Gasteiger partial charge in [-0.1, -0.05) is 18.1 Å². The molecule has 0 N–H and O–H groups in total. The Balaban J connectivity index is 1.92. The fourth-order valence-electron chi connectivity index (χ4n) is 2.25. The Bertz CT molecular complexity index is 835. The zero-order valence-electron chi connectivity index (χ0n) is 12.0. The Morgan fingerprint density at radius 2 is 2.19 bits per heavy atom. The summed E-state index contributed by atoms with van der Waals surface area (Å²) in [7, 11) is 0. The van der Waals surface area contributed by atoms with Gasteiger partial charge in [-0.15, -0.1) is 0 Å². The van der Waals surface area contributed by atoms with Crippen molar-refractivity contribution in [3.63, 3.8) is 0 Å². The van der Waals surface area contributed by atoms with Crippen molar-refractivity contribution in [2.24, 2.45) is 0 Å². The molecule has 0 aliphatic carbocycles. The van der Waals surface area contributed by atoms with Crippen LogP contribution in [0.4, 0.5) is 0 Å². The number of hydrogen-bond acceptors (Lipinski definition) is 5. The first-order chi connectivity index (χ1) is 10.2. The van der Waals surface area contributed by atoms with E-state index in [9.17, 15) is 4.79 Å². The maximum Gasteiger partial charge on any atom is 0.261 e. The number of benzene rings is 1. The summed E-state index contributed by atoms with van der Waals surface area (Å²) in [5, 5.41) is 4.48. The third-order valence-corrected chi connectivity index (χ3v) is 3.44. The molecule has 0 radical (unpaired) electrons. The fraction of sp³-hybridized carbons (Fsp3) is 0.333. The van der Waals surface area contributed by atoms with Crippen molar-refractivity contribution < 1.29 is 4.52 Å². The number of nitrogens with zero attached hydrogens (tertiary/aromatic N) is 4. The molecule has 0 aliphatic rings. The zero-order chi connectivity index (χ0) is 14.8. The molecule has 3 aromatic rings. The van der Waals surface area contributed by atoms with Gasteiger partial charge in [-0.3, -0.25) is 9.36 Å². The fourth-order valence-corrected chi connectivity index (χ4v) is 2.25. The van der Waals surface area contributed by atoms with Gasteiger partial charge < -0.3 is 4.52 Å². The number of aryl methyl sites for hydroxylation is 4. The molecule has 6 heteroatoms. The van der Waals surface area contributed by atoms with Gasteiger partial charge in [0.25, 0.3) is 5.56 Å². The monoisotopic (exact) mass is 284 g/mol. The van der Waals surface area contributed by atoms with Crippen LogP contribution in [0.15, 0.2) is 33.8 Å². The second kappa shape index (κ2) is 5.47. The lowest BCUT2D eigenvalue weighted by Crippen LogP contribution is -2.22. The predicted molar refractivity (Wildman–Crippen MR) is 78.1 cm³/mol. The van der Waals surface area contributed by atoms with Crippen molar-refractivity contribution in [1.29, 1.82) is 0 Å². The van der Waals surface area contributed by atoms with Crippen LogP contribution in [0.3, 0.4) is 0 Å². The molecule has 0 amide bonds. The van der Waals surface area contributed by atoms with Crippen LogP contribution in [0.5, 0.6) is 0 Å². The molecule has 21 heavy (non-hydrogen) atoms. The maximum absolute atomic E-state index is 12.5. The van der Waals surface area contributed by atoms with E-state index in [0.717, 1.165) is 17.5 Å². The molecular formula is C15H16N4O2. The van der Waals surface area contributed by atoms with Crippen LogP contribution in [0.1, 0.15) is 24.2 Å². The van der Waals surface area contributed by atoms with Crippen molar-refractivity contribution in [2.75, 3.05) is 0 Å². The summed E-state index contributed by atoms with van der Waals surface area (Å²) in [5.41, 5.74) is 1.83. The number of rotatable bonds is 4. The molecule has 0 saturated heterocycles. The van der Waals surface area contributed by atoms with Crippen LogP contribution in [0, 0.1) is 6.92 Å². The maximum atomic E-state index is 12.5. The quantitative estimate of drug-likeness (QED) is 0.731. The van der Waals surface area contributed by atoms with Gasteiger partial charge in [0.2, 0.25) is 5.89 Å². The zero-order valence-corrected chi connectivity index (χ0v) is 12.0. The van der Waals surface area contributed by atoms with E-state index < -0.39 is 0 Å². The first-order valence-electron chi connectivity index (χ1n) is 6.94. The summed E-state index contributed by atoms with van der Waals surface area (Å²) < 4.78 is 6.51. The SMILES string of the molecule is CCc1ccc2ncn(CCc3noc(C)n3)c(=O)c2c1. The Morgan fingerprint density at radius 1 is 1.33 bits per heavy atom. The molecule has 0 saturated carbocycles. The van der Waals surface area contributed by atoms with Crippen LogP contribution in [-0.2, 0) is 19.4 Å². The summed E-state index contributed by atoms with van der Waals surface area (Å²) >= 11 is 0. The Kier molecular flexibility index (Phi) is 3.51. The lowest BCUT2D eigenvalue weighted by molar-refractivity contribution is 0.386. The number of fused-ring (bicyclic) bond motifs is 1. The minimum absolute atomic E-state index is 0.0319. The summed E-state index contributed by atoms with van der Waals surface area (Å²) in [6, 6.07) is 5.81. The summed E-state index contributed by atoms with van der Waals surface area (Å²) in [5.74, 6) is 1.13. The average molecular weight is 284 g/mol. The van der Waals surface area contributed by atoms with E-state index in [-0.39, 0.29) is 5.56 Å². The van der Waals surface area contributed by atoms with Crippen LogP contribution in [-0.4, -0.2) is 19.7 Å². The Hall–Kier alpha value is -2.50. The lowest BCUT2D eigenvalue weighted by atomic mass is 10.1. The van der Waals surface area contributed by atoms with Crippen molar-refractivity contribution in [1.82, 2.24) is 19.7 Å². The molecule has 6 nitrogen and oxygen atoms in total. The minimum Gasteiger partial charge on any atom is -0.340 e. The van der Waals surface area contributed by atoms with Crippen molar-refractivity contribution in [2.45, 2.75) is 33.2 Å². The van der Waals surface area contributed by atoms with E-state index in [0.29, 0.717) is 30.1 Å². The highest BCUT2D eigenvalue weighted by molar-refractivity contribution is 5.78. The first-order valence-corrected chi connectivity index (χ1v) is 6.94. The van der Waals surface area contributed by atoms with Gasteiger partial charge in [0.1, 0.15) is 0 Å². The standard InChI is InChI=1S/C15H16N4O2/c1-3-11-4-5-13-12(8-11)15(20)19(9-16-13)7-6-14-17-10(2)21-18-14/h4-5,8-9H,3,6-7H2,1-2H3. The van der Waals surface area contributed by atoms with E-state index in [1.54, 1.807) is 17.8 Å². The highest BCUT2D eigenvalue weighted by Gasteiger charge is 2.07. The topological polar surface area (TPSA) is 73.8 Å². The van der Waals surface area contributed by atoms with E-state index in [1.807, 2.05) is 18.2 Å². The molecule has 0 aliphatic heterocycles. The van der Waals surface area contributed by atoms with Crippen LogP contribution < -0.4 is 5.56 Å². The van der Waals surface area contributed by atoms with Gasteiger partial charge in [-0.2, -0.15) is 4.98 Å². The van der Waals surface area contributed by atoms with Gasteiger partial charge in [0, 0.05) is 19.9 Å². The molecule has 1 aromatic carbocycles. The smallest absolute Gasteiger partial charge is 0.261 e. The van der Waals surface area contributed by atoms with Crippen LogP contribution >= 0.6 is 0 Å². The third kappa shape index (κ3) is 2.69. The highest BCUT2D eigenvalue weighted by Crippen LogP contribution is 2.10. The lowest BCUT2D eigenvalue weighted by Gasteiger charge is -2.06.